The number of halogens is 2. The smallest absolute Gasteiger partial charge is 0.123 e. The van der Waals surface area contributed by atoms with Crippen LogP contribution in [0.2, 0.25) is 0 Å². The molecule has 0 spiro atoms. The van der Waals surface area contributed by atoms with Crippen LogP contribution >= 0.6 is 22.6 Å². The number of alkyl halides is 1. The third-order valence-electron chi connectivity index (χ3n) is 2.26. The molecule has 0 saturated heterocycles. The fraction of sp³-hybridized carbons (Fsp3) is 0.538. The number of hydrogen-bond acceptors (Lipinski definition) is 2. The number of rotatable bonds is 8. The predicted octanol–water partition coefficient (Wildman–Crippen LogP) is 3.75. The minimum Gasteiger partial charge on any atom is -0.379 e. The van der Waals surface area contributed by atoms with E-state index in [1.165, 1.54) is 12.1 Å². The second-order valence-corrected chi connectivity index (χ2v) is 4.56. The zero-order valence-corrected chi connectivity index (χ0v) is 12.2. The molecule has 0 saturated carbocycles. The average molecular weight is 352 g/mol. The standard InChI is InChI=1S/C13H18FIO2/c1-2-6-16-7-8-17-13(10-15)11-4-3-5-12(14)9-11/h3-5,9,13H,2,6-8,10H2,1H3. The van der Waals surface area contributed by atoms with Gasteiger partial charge in [0.2, 0.25) is 0 Å². The third-order valence-corrected chi connectivity index (χ3v) is 3.06. The summed E-state index contributed by atoms with van der Waals surface area (Å²) in [6.45, 7) is 3.97. The van der Waals surface area contributed by atoms with Crippen LogP contribution in [-0.2, 0) is 9.47 Å². The maximum absolute atomic E-state index is 13.1. The number of ether oxygens (including phenoxy) is 2. The summed E-state index contributed by atoms with van der Waals surface area (Å²) < 4.78 is 24.9. The molecule has 17 heavy (non-hydrogen) atoms. The van der Waals surface area contributed by atoms with E-state index in [9.17, 15) is 4.39 Å². The summed E-state index contributed by atoms with van der Waals surface area (Å²) in [5.41, 5.74) is 0.884. The van der Waals surface area contributed by atoms with Gasteiger partial charge in [-0.2, -0.15) is 0 Å². The van der Waals surface area contributed by atoms with Crippen LogP contribution in [0.25, 0.3) is 0 Å². The van der Waals surface area contributed by atoms with E-state index in [0.717, 1.165) is 23.0 Å². The van der Waals surface area contributed by atoms with Crippen LogP contribution in [-0.4, -0.2) is 24.2 Å². The number of benzene rings is 1. The van der Waals surface area contributed by atoms with Crippen LogP contribution in [0.1, 0.15) is 25.0 Å². The minimum absolute atomic E-state index is 0.0588. The first-order valence-electron chi connectivity index (χ1n) is 5.78. The highest BCUT2D eigenvalue weighted by atomic mass is 127. The van der Waals surface area contributed by atoms with E-state index in [0.29, 0.717) is 13.2 Å². The Kier molecular flexibility index (Phi) is 7.72. The summed E-state index contributed by atoms with van der Waals surface area (Å²) in [5.74, 6) is -0.219. The Balaban J connectivity index is 2.38. The summed E-state index contributed by atoms with van der Waals surface area (Å²) in [5, 5.41) is 0. The molecule has 1 unspecified atom stereocenters. The van der Waals surface area contributed by atoms with Gasteiger partial charge in [0.1, 0.15) is 5.82 Å². The van der Waals surface area contributed by atoms with Crippen molar-refractivity contribution in [3.8, 4) is 0 Å². The lowest BCUT2D eigenvalue weighted by molar-refractivity contribution is 0.0146. The molecule has 1 aromatic carbocycles. The lowest BCUT2D eigenvalue weighted by Crippen LogP contribution is -2.11. The van der Waals surface area contributed by atoms with Gasteiger partial charge in [-0.25, -0.2) is 4.39 Å². The SMILES string of the molecule is CCCOCCOC(CI)c1cccc(F)c1. The van der Waals surface area contributed by atoms with E-state index in [4.69, 9.17) is 9.47 Å². The Hall–Kier alpha value is -0.200. The van der Waals surface area contributed by atoms with Crippen molar-refractivity contribution < 1.29 is 13.9 Å². The molecule has 0 aliphatic rings. The first kappa shape index (κ1) is 14.9. The van der Waals surface area contributed by atoms with E-state index in [1.54, 1.807) is 6.07 Å². The largest absolute Gasteiger partial charge is 0.379 e. The van der Waals surface area contributed by atoms with Gasteiger partial charge in [-0.15, -0.1) is 0 Å². The van der Waals surface area contributed by atoms with Crippen molar-refractivity contribution in [3.05, 3.63) is 35.6 Å². The normalized spacial score (nSPS) is 12.6. The molecular formula is C13H18FIO2. The fourth-order valence-electron chi connectivity index (χ4n) is 1.43. The summed E-state index contributed by atoms with van der Waals surface area (Å²) in [6, 6.07) is 6.56. The Bertz CT molecular complexity index is 320. The van der Waals surface area contributed by atoms with E-state index in [-0.39, 0.29) is 11.9 Å². The van der Waals surface area contributed by atoms with Gasteiger partial charge in [0.15, 0.2) is 0 Å². The average Bonchev–Trinajstić information content (AvgIpc) is 2.34. The summed E-state index contributed by atoms with van der Waals surface area (Å²) >= 11 is 2.24. The monoisotopic (exact) mass is 352 g/mol. The zero-order chi connectivity index (χ0) is 12.5. The highest BCUT2D eigenvalue weighted by molar-refractivity contribution is 14.1. The summed E-state index contributed by atoms with van der Waals surface area (Å²) in [4.78, 5) is 0. The van der Waals surface area contributed by atoms with Crippen LogP contribution < -0.4 is 0 Å². The second kappa shape index (κ2) is 8.83. The van der Waals surface area contributed by atoms with Crippen molar-refractivity contribution in [1.29, 1.82) is 0 Å². The van der Waals surface area contributed by atoms with Gasteiger partial charge in [0.05, 0.1) is 19.3 Å². The molecule has 0 bridgehead atoms. The topological polar surface area (TPSA) is 18.5 Å². The predicted molar refractivity (Wildman–Crippen MR) is 75.1 cm³/mol. The van der Waals surface area contributed by atoms with E-state index < -0.39 is 0 Å². The Labute approximate surface area is 116 Å². The molecule has 0 aliphatic carbocycles. The first-order valence-corrected chi connectivity index (χ1v) is 7.31. The first-order chi connectivity index (χ1) is 8.27. The van der Waals surface area contributed by atoms with Crippen molar-refractivity contribution in [1.82, 2.24) is 0 Å². The molecule has 1 rings (SSSR count). The van der Waals surface area contributed by atoms with Crippen LogP contribution in [0.15, 0.2) is 24.3 Å². The fourth-order valence-corrected chi connectivity index (χ4v) is 2.20. The molecule has 0 amide bonds. The van der Waals surface area contributed by atoms with E-state index in [2.05, 4.69) is 29.5 Å². The molecule has 2 nitrogen and oxygen atoms in total. The molecule has 0 fully saturated rings. The van der Waals surface area contributed by atoms with Crippen LogP contribution in [0.4, 0.5) is 4.39 Å². The Morgan fingerprint density at radius 2 is 2.12 bits per heavy atom. The van der Waals surface area contributed by atoms with Gasteiger partial charge in [-0.3, -0.25) is 0 Å². The lowest BCUT2D eigenvalue weighted by Gasteiger charge is -2.16. The maximum Gasteiger partial charge on any atom is 0.123 e. The molecule has 96 valence electrons. The quantitative estimate of drug-likeness (QED) is 0.403. The van der Waals surface area contributed by atoms with E-state index in [1.807, 2.05) is 6.07 Å². The van der Waals surface area contributed by atoms with Gasteiger partial charge in [0.25, 0.3) is 0 Å². The molecule has 1 atom stereocenters. The van der Waals surface area contributed by atoms with Gasteiger partial charge in [0, 0.05) is 11.0 Å². The van der Waals surface area contributed by atoms with E-state index >= 15 is 0 Å². The van der Waals surface area contributed by atoms with Crippen molar-refractivity contribution in [2.24, 2.45) is 0 Å². The van der Waals surface area contributed by atoms with Crippen molar-refractivity contribution in [2.45, 2.75) is 19.4 Å². The molecule has 0 N–H and O–H groups in total. The van der Waals surface area contributed by atoms with Crippen LogP contribution in [0.3, 0.4) is 0 Å². The summed E-state index contributed by atoms with van der Waals surface area (Å²) in [6.07, 6.45) is 0.955. The van der Waals surface area contributed by atoms with Gasteiger partial charge in [-0.05, 0) is 24.1 Å². The minimum atomic E-state index is -0.219. The second-order valence-electron chi connectivity index (χ2n) is 3.68. The molecule has 1 aromatic rings. The van der Waals surface area contributed by atoms with Crippen LogP contribution in [0, 0.1) is 5.82 Å². The number of hydrogen-bond donors (Lipinski definition) is 0. The van der Waals surface area contributed by atoms with Crippen molar-refractivity contribution in [2.75, 3.05) is 24.2 Å². The zero-order valence-electron chi connectivity index (χ0n) is 9.99. The molecule has 0 aliphatic heterocycles. The molecule has 0 aromatic heterocycles. The highest BCUT2D eigenvalue weighted by Crippen LogP contribution is 2.20. The van der Waals surface area contributed by atoms with Gasteiger partial charge < -0.3 is 9.47 Å². The molecular weight excluding hydrogens is 334 g/mol. The summed E-state index contributed by atoms with van der Waals surface area (Å²) in [7, 11) is 0. The third kappa shape index (κ3) is 5.79. The Morgan fingerprint density at radius 1 is 1.29 bits per heavy atom. The van der Waals surface area contributed by atoms with Crippen molar-refractivity contribution >= 4 is 22.6 Å². The highest BCUT2D eigenvalue weighted by Gasteiger charge is 2.10. The maximum atomic E-state index is 13.1. The van der Waals surface area contributed by atoms with Crippen molar-refractivity contribution in [3.63, 3.8) is 0 Å². The lowest BCUT2D eigenvalue weighted by atomic mass is 10.1. The van der Waals surface area contributed by atoms with Gasteiger partial charge >= 0.3 is 0 Å². The molecule has 4 heteroatoms. The van der Waals surface area contributed by atoms with Crippen LogP contribution in [0.5, 0.6) is 0 Å². The van der Waals surface area contributed by atoms with Gasteiger partial charge in [-0.1, -0.05) is 41.6 Å². The molecule has 0 heterocycles. The molecule has 0 radical (unpaired) electrons. The Morgan fingerprint density at radius 3 is 2.76 bits per heavy atom.